The standard InChI is InChI=1S/C24H26N4OS/c1-24(2,3)17-7-8-19-15(10-17)9-16-12-21(30-23(16)28-19)22(29)27-20(13-25)14-5-4-6-18(26)11-14/h4-12,20H,13,25-26H2,1-3H3,(H,27,29)/t20-/m1/s1. The van der Waals surface area contributed by atoms with Crippen LogP contribution in [0.4, 0.5) is 5.69 Å². The van der Waals surface area contributed by atoms with Gasteiger partial charge in [-0.05, 0) is 52.9 Å². The van der Waals surface area contributed by atoms with Gasteiger partial charge in [0.05, 0.1) is 16.4 Å². The normalized spacial score (nSPS) is 12.9. The van der Waals surface area contributed by atoms with Gasteiger partial charge in [-0.2, -0.15) is 0 Å². The Balaban J connectivity index is 1.65. The number of carbonyl (C=O) groups excluding carboxylic acids is 1. The first-order chi connectivity index (χ1) is 14.2. The molecule has 30 heavy (non-hydrogen) atoms. The predicted octanol–water partition coefficient (Wildman–Crippen LogP) is 4.76. The number of fused-ring (bicyclic) bond motifs is 2. The fourth-order valence-electron chi connectivity index (χ4n) is 3.50. The number of hydrogen-bond acceptors (Lipinski definition) is 5. The van der Waals surface area contributed by atoms with E-state index in [2.05, 4.69) is 50.4 Å². The van der Waals surface area contributed by atoms with E-state index in [4.69, 9.17) is 16.5 Å². The van der Waals surface area contributed by atoms with Crippen LogP contribution < -0.4 is 16.8 Å². The van der Waals surface area contributed by atoms with Gasteiger partial charge < -0.3 is 16.8 Å². The maximum atomic E-state index is 12.9. The smallest absolute Gasteiger partial charge is 0.261 e. The van der Waals surface area contributed by atoms with Gasteiger partial charge in [-0.15, -0.1) is 11.3 Å². The summed E-state index contributed by atoms with van der Waals surface area (Å²) < 4.78 is 0. The second-order valence-corrected chi connectivity index (χ2v) is 9.61. The molecule has 5 nitrogen and oxygen atoms in total. The molecule has 4 aromatic rings. The number of thiophene rings is 1. The lowest BCUT2D eigenvalue weighted by atomic mass is 9.86. The molecule has 2 aromatic heterocycles. The maximum Gasteiger partial charge on any atom is 0.261 e. The van der Waals surface area contributed by atoms with Crippen LogP contribution >= 0.6 is 11.3 Å². The topological polar surface area (TPSA) is 94.0 Å². The third-order valence-corrected chi connectivity index (χ3v) is 6.29. The van der Waals surface area contributed by atoms with Gasteiger partial charge in [-0.25, -0.2) is 4.98 Å². The molecule has 5 N–H and O–H groups in total. The van der Waals surface area contributed by atoms with E-state index in [-0.39, 0.29) is 23.9 Å². The minimum Gasteiger partial charge on any atom is -0.399 e. The minimum absolute atomic E-state index is 0.0703. The number of amides is 1. The van der Waals surface area contributed by atoms with Crippen molar-refractivity contribution in [2.24, 2.45) is 5.73 Å². The third-order valence-electron chi connectivity index (χ3n) is 5.24. The average Bonchev–Trinajstić information content (AvgIpc) is 3.12. The lowest BCUT2D eigenvalue weighted by Gasteiger charge is -2.19. The molecule has 0 fully saturated rings. The van der Waals surface area contributed by atoms with Crippen molar-refractivity contribution in [2.45, 2.75) is 32.2 Å². The zero-order valence-corrected chi connectivity index (χ0v) is 18.2. The maximum absolute atomic E-state index is 12.9. The van der Waals surface area contributed by atoms with Crippen LogP contribution in [0.5, 0.6) is 0 Å². The number of rotatable bonds is 4. The van der Waals surface area contributed by atoms with Crippen molar-refractivity contribution in [3.63, 3.8) is 0 Å². The molecule has 0 aliphatic heterocycles. The minimum atomic E-state index is -0.299. The lowest BCUT2D eigenvalue weighted by Crippen LogP contribution is -2.33. The van der Waals surface area contributed by atoms with Gasteiger partial charge in [-0.1, -0.05) is 39.0 Å². The van der Waals surface area contributed by atoms with Crippen molar-refractivity contribution in [1.82, 2.24) is 10.3 Å². The van der Waals surface area contributed by atoms with E-state index in [1.54, 1.807) is 0 Å². The number of nitrogens with zero attached hydrogens (tertiary/aromatic N) is 1. The first-order valence-corrected chi connectivity index (χ1v) is 10.8. The molecule has 4 rings (SSSR count). The number of hydrogen-bond donors (Lipinski definition) is 3. The van der Waals surface area contributed by atoms with Crippen molar-refractivity contribution in [2.75, 3.05) is 12.3 Å². The van der Waals surface area contributed by atoms with E-state index < -0.39 is 0 Å². The third kappa shape index (κ3) is 4.01. The monoisotopic (exact) mass is 418 g/mol. The second-order valence-electron chi connectivity index (χ2n) is 8.58. The van der Waals surface area contributed by atoms with Gasteiger partial charge >= 0.3 is 0 Å². The zero-order chi connectivity index (χ0) is 21.5. The number of anilines is 1. The van der Waals surface area contributed by atoms with Crippen LogP contribution in [0.1, 0.15) is 47.6 Å². The Labute approximate surface area is 180 Å². The Hall–Kier alpha value is -2.96. The van der Waals surface area contributed by atoms with Crippen molar-refractivity contribution < 1.29 is 4.79 Å². The van der Waals surface area contributed by atoms with Crippen LogP contribution in [-0.4, -0.2) is 17.4 Å². The fraction of sp³-hybridized carbons (Fsp3) is 0.250. The highest BCUT2D eigenvalue weighted by molar-refractivity contribution is 7.20. The highest BCUT2D eigenvalue weighted by Crippen LogP contribution is 2.31. The fourth-order valence-corrected chi connectivity index (χ4v) is 4.42. The number of nitrogen functional groups attached to an aromatic ring is 1. The molecular weight excluding hydrogens is 392 g/mol. The highest BCUT2D eigenvalue weighted by atomic mass is 32.1. The summed E-state index contributed by atoms with van der Waals surface area (Å²) in [4.78, 5) is 19.1. The van der Waals surface area contributed by atoms with Crippen molar-refractivity contribution in [1.29, 1.82) is 0 Å². The summed E-state index contributed by atoms with van der Waals surface area (Å²) in [5.74, 6) is -0.157. The number of aromatic nitrogens is 1. The summed E-state index contributed by atoms with van der Waals surface area (Å²) in [7, 11) is 0. The summed E-state index contributed by atoms with van der Waals surface area (Å²) in [6.45, 7) is 6.88. The second kappa shape index (κ2) is 7.70. The molecule has 0 saturated carbocycles. The van der Waals surface area contributed by atoms with Gasteiger partial charge in [0, 0.05) is 23.0 Å². The highest BCUT2D eigenvalue weighted by Gasteiger charge is 2.18. The van der Waals surface area contributed by atoms with Crippen molar-refractivity contribution >= 4 is 44.1 Å². The number of carbonyl (C=O) groups is 1. The molecule has 0 aliphatic carbocycles. The van der Waals surface area contributed by atoms with Gasteiger partial charge in [0.25, 0.3) is 5.91 Å². The van der Waals surface area contributed by atoms with E-state index in [9.17, 15) is 4.79 Å². The quantitative estimate of drug-likeness (QED) is 0.417. The first-order valence-electron chi connectivity index (χ1n) is 9.96. The van der Waals surface area contributed by atoms with Crippen LogP contribution in [0.2, 0.25) is 0 Å². The Kier molecular flexibility index (Phi) is 5.22. The number of nitrogens with two attached hydrogens (primary N) is 2. The molecule has 0 unspecified atom stereocenters. The molecule has 0 saturated heterocycles. The summed E-state index contributed by atoms with van der Waals surface area (Å²) in [6, 6.07) is 17.5. The average molecular weight is 419 g/mol. The van der Waals surface area contributed by atoms with E-state index in [1.807, 2.05) is 30.3 Å². The molecule has 1 amide bonds. The molecular formula is C24H26N4OS. The summed E-state index contributed by atoms with van der Waals surface area (Å²) in [5.41, 5.74) is 15.6. The van der Waals surface area contributed by atoms with E-state index in [0.717, 1.165) is 26.7 Å². The molecule has 1 atom stereocenters. The van der Waals surface area contributed by atoms with E-state index in [1.165, 1.54) is 16.9 Å². The number of pyridine rings is 1. The van der Waals surface area contributed by atoms with Gasteiger partial charge in [0.1, 0.15) is 4.83 Å². The van der Waals surface area contributed by atoms with Crippen LogP contribution in [-0.2, 0) is 5.41 Å². The van der Waals surface area contributed by atoms with E-state index in [0.29, 0.717) is 10.6 Å². The Morgan fingerprint density at radius 1 is 1.10 bits per heavy atom. The van der Waals surface area contributed by atoms with Crippen LogP contribution in [0, 0.1) is 0 Å². The Bertz CT molecular complexity index is 1240. The Morgan fingerprint density at radius 2 is 1.90 bits per heavy atom. The SMILES string of the molecule is CC(C)(C)c1ccc2nc3sc(C(=O)N[C@H](CN)c4cccc(N)c4)cc3cc2c1. The van der Waals surface area contributed by atoms with Crippen LogP contribution in [0.3, 0.4) is 0 Å². The van der Waals surface area contributed by atoms with Gasteiger partial charge in [0.15, 0.2) is 0 Å². The molecule has 0 spiro atoms. The van der Waals surface area contributed by atoms with Gasteiger partial charge in [-0.3, -0.25) is 4.79 Å². The zero-order valence-electron chi connectivity index (χ0n) is 17.4. The molecule has 0 bridgehead atoms. The van der Waals surface area contributed by atoms with E-state index >= 15 is 0 Å². The molecule has 2 heterocycles. The van der Waals surface area contributed by atoms with Gasteiger partial charge in [0.2, 0.25) is 0 Å². The summed E-state index contributed by atoms with van der Waals surface area (Å²) >= 11 is 1.39. The summed E-state index contributed by atoms with van der Waals surface area (Å²) in [5, 5.41) is 5.07. The Morgan fingerprint density at radius 3 is 2.60 bits per heavy atom. The summed E-state index contributed by atoms with van der Waals surface area (Å²) in [6.07, 6.45) is 0. The largest absolute Gasteiger partial charge is 0.399 e. The molecule has 0 radical (unpaired) electrons. The number of nitrogens with one attached hydrogen (secondary N) is 1. The van der Waals surface area contributed by atoms with Crippen LogP contribution in [0.15, 0.2) is 54.6 Å². The first kappa shape index (κ1) is 20.3. The van der Waals surface area contributed by atoms with Crippen molar-refractivity contribution in [3.8, 4) is 0 Å². The number of benzene rings is 2. The van der Waals surface area contributed by atoms with Crippen molar-refractivity contribution in [3.05, 3.63) is 70.6 Å². The lowest BCUT2D eigenvalue weighted by molar-refractivity contribution is 0.0942. The van der Waals surface area contributed by atoms with Crippen LogP contribution in [0.25, 0.3) is 21.1 Å². The predicted molar refractivity (Wildman–Crippen MR) is 126 cm³/mol. The molecule has 2 aromatic carbocycles. The molecule has 154 valence electrons. The molecule has 6 heteroatoms. The molecule has 0 aliphatic rings.